The van der Waals surface area contributed by atoms with E-state index in [9.17, 15) is 4.79 Å². The standard InChI is InChI=1S/C24H32N2O2/c27-23(25-16-11-19-26-17-9-1-2-10-18-26)20-28-24(21-12-5-3-6-13-21)22-14-7-4-8-15-22/h3-8,12-15,24H,1-2,9-11,16-20H2,(H,25,27). The highest BCUT2D eigenvalue weighted by Gasteiger charge is 2.16. The minimum atomic E-state index is -0.231. The average molecular weight is 381 g/mol. The minimum Gasteiger partial charge on any atom is -0.359 e. The largest absolute Gasteiger partial charge is 0.359 e. The number of amides is 1. The Kier molecular flexibility index (Phi) is 8.54. The second-order valence-corrected chi connectivity index (χ2v) is 7.47. The molecule has 1 heterocycles. The summed E-state index contributed by atoms with van der Waals surface area (Å²) in [4.78, 5) is 14.8. The number of likely N-dealkylation sites (tertiary alicyclic amines) is 1. The number of hydrogen-bond acceptors (Lipinski definition) is 3. The van der Waals surface area contributed by atoms with Gasteiger partial charge < -0.3 is 15.0 Å². The number of carbonyl (C=O) groups excluding carboxylic acids is 1. The summed E-state index contributed by atoms with van der Waals surface area (Å²) in [6.45, 7) is 4.25. The molecule has 1 aliphatic rings. The lowest BCUT2D eigenvalue weighted by atomic mass is 10.0. The number of carbonyl (C=O) groups is 1. The lowest BCUT2D eigenvalue weighted by Gasteiger charge is -2.20. The maximum atomic E-state index is 12.3. The van der Waals surface area contributed by atoms with Crippen LogP contribution in [0.25, 0.3) is 0 Å². The number of rotatable bonds is 9. The molecule has 1 fully saturated rings. The normalized spacial score (nSPS) is 15.3. The van der Waals surface area contributed by atoms with Crippen LogP contribution in [0.4, 0.5) is 0 Å². The molecule has 0 spiro atoms. The van der Waals surface area contributed by atoms with E-state index in [1.807, 2.05) is 60.7 Å². The molecule has 2 aromatic carbocycles. The van der Waals surface area contributed by atoms with Crippen molar-refractivity contribution in [1.29, 1.82) is 0 Å². The van der Waals surface area contributed by atoms with Crippen LogP contribution in [-0.4, -0.2) is 43.6 Å². The van der Waals surface area contributed by atoms with Crippen molar-refractivity contribution in [3.8, 4) is 0 Å². The summed E-state index contributed by atoms with van der Waals surface area (Å²) in [6.07, 6.45) is 6.09. The van der Waals surface area contributed by atoms with Crippen molar-refractivity contribution in [3.05, 3.63) is 71.8 Å². The summed E-state index contributed by atoms with van der Waals surface area (Å²) >= 11 is 0. The van der Waals surface area contributed by atoms with E-state index < -0.39 is 0 Å². The molecule has 0 bridgehead atoms. The van der Waals surface area contributed by atoms with Crippen LogP contribution in [0.5, 0.6) is 0 Å². The second-order valence-electron chi connectivity index (χ2n) is 7.47. The van der Waals surface area contributed by atoms with Gasteiger partial charge in [0.1, 0.15) is 12.7 Å². The average Bonchev–Trinajstić information content (AvgIpc) is 3.02. The third kappa shape index (κ3) is 6.77. The van der Waals surface area contributed by atoms with Gasteiger partial charge in [-0.15, -0.1) is 0 Å². The van der Waals surface area contributed by atoms with Crippen LogP contribution in [0.2, 0.25) is 0 Å². The van der Waals surface area contributed by atoms with E-state index >= 15 is 0 Å². The third-order valence-electron chi connectivity index (χ3n) is 5.26. The van der Waals surface area contributed by atoms with Crippen LogP contribution in [0, 0.1) is 0 Å². The summed E-state index contributed by atoms with van der Waals surface area (Å²) in [7, 11) is 0. The molecule has 0 unspecified atom stereocenters. The lowest BCUT2D eigenvalue weighted by Crippen LogP contribution is -2.32. The Balaban J connectivity index is 1.43. The van der Waals surface area contributed by atoms with Gasteiger partial charge in [-0.2, -0.15) is 0 Å². The fourth-order valence-corrected chi connectivity index (χ4v) is 3.74. The molecule has 2 aromatic rings. The Morgan fingerprint density at radius 1 is 0.893 bits per heavy atom. The molecule has 3 rings (SSSR count). The zero-order valence-corrected chi connectivity index (χ0v) is 16.7. The van der Waals surface area contributed by atoms with E-state index in [1.54, 1.807) is 0 Å². The monoisotopic (exact) mass is 380 g/mol. The highest BCUT2D eigenvalue weighted by atomic mass is 16.5. The third-order valence-corrected chi connectivity index (χ3v) is 5.26. The molecule has 28 heavy (non-hydrogen) atoms. The topological polar surface area (TPSA) is 41.6 Å². The molecule has 0 aromatic heterocycles. The van der Waals surface area contributed by atoms with E-state index in [2.05, 4.69) is 10.2 Å². The molecular formula is C24H32N2O2. The summed E-state index contributed by atoms with van der Waals surface area (Å²) < 4.78 is 6.02. The van der Waals surface area contributed by atoms with Gasteiger partial charge in [-0.25, -0.2) is 0 Å². The fourth-order valence-electron chi connectivity index (χ4n) is 3.74. The zero-order chi connectivity index (χ0) is 19.4. The second kappa shape index (κ2) is 11.6. The van der Waals surface area contributed by atoms with Crippen molar-refractivity contribution in [3.63, 3.8) is 0 Å². The van der Waals surface area contributed by atoms with Crippen molar-refractivity contribution in [2.45, 2.75) is 38.2 Å². The van der Waals surface area contributed by atoms with Gasteiger partial charge >= 0.3 is 0 Å². The van der Waals surface area contributed by atoms with Crippen LogP contribution < -0.4 is 5.32 Å². The van der Waals surface area contributed by atoms with E-state index in [0.29, 0.717) is 6.54 Å². The maximum absolute atomic E-state index is 12.3. The van der Waals surface area contributed by atoms with Gasteiger partial charge in [0.2, 0.25) is 5.91 Å². The van der Waals surface area contributed by atoms with Gasteiger partial charge in [-0.05, 0) is 50.0 Å². The Bertz CT molecular complexity index is 643. The van der Waals surface area contributed by atoms with Crippen LogP contribution in [0.1, 0.15) is 49.3 Å². The number of ether oxygens (including phenoxy) is 1. The molecule has 0 radical (unpaired) electrons. The molecule has 4 nitrogen and oxygen atoms in total. The van der Waals surface area contributed by atoms with Crippen LogP contribution in [0.15, 0.2) is 60.7 Å². The fraction of sp³-hybridized carbons (Fsp3) is 0.458. The summed E-state index contributed by atoms with van der Waals surface area (Å²) in [5, 5.41) is 3.01. The van der Waals surface area contributed by atoms with Crippen molar-refractivity contribution >= 4 is 5.91 Å². The van der Waals surface area contributed by atoms with Gasteiger partial charge in [0.05, 0.1) is 0 Å². The molecule has 1 saturated heterocycles. The smallest absolute Gasteiger partial charge is 0.246 e. The Morgan fingerprint density at radius 3 is 2.04 bits per heavy atom. The summed E-state index contributed by atoms with van der Waals surface area (Å²) in [5.74, 6) is -0.0484. The minimum absolute atomic E-state index is 0.0484. The highest BCUT2D eigenvalue weighted by Crippen LogP contribution is 2.25. The first-order chi connectivity index (χ1) is 13.8. The number of nitrogens with one attached hydrogen (secondary N) is 1. The molecule has 1 amide bonds. The molecule has 1 N–H and O–H groups in total. The molecular weight excluding hydrogens is 348 g/mol. The first kappa shape index (κ1) is 20.6. The predicted octanol–water partition coefficient (Wildman–Crippen LogP) is 4.17. The van der Waals surface area contributed by atoms with Gasteiger partial charge in [0.25, 0.3) is 0 Å². The SMILES string of the molecule is O=C(COC(c1ccccc1)c1ccccc1)NCCCN1CCCCCC1. The molecule has 1 aliphatic heterocycles. The highest BCUT2D eigenvalue weighted by molar-refractivity contribution is 5.77. The number of hydrogen-bond donors (Lipinski definition) is 1. The lowest BCUT2D eigenvalue weighted by molar-refractivity contribution is -0.127. The number of nitrogens with zero attached hydrogens (tertiary/aromatic N) is 1. The Morgan fingerprint density at radius 2 is 1.46 bits per heavy atom. The zero-order valence-electron chi connectivity index (χ0n) is 16.7. The van der Waals surface area contributed by atoms with Crippen molar-refractivity contribution in [1.82, 2.24) is 10.2 Å². The number of benzene rings is 2. The van der Waals surface area contributed by atoms with Gasteiger partial charge in [-0.3, -0.25) is 4.79 Å². The van der Waals surface area contributed by atoms with Crippen LogP contribution in [0.3, 0.4) is 0 Å². The molecule has 4 heteroatoms. The van der Waals surface area contributed by atoms with E-state index in [1.165, 1.54) is 38.8 Å². The van der Waals surface area contributed by atoms with Gasteiger partial charge in [-0.1, -0.05) is 73.5 Å². The predicted molar refractivity (Wildman–Crippen MR) is 113 cm³/mol. The van der Waals surface area contributed by atoms with Crippen LogP contribution >= 0.6 is 0 Å². The van der Waals surface area contributed by atoms with Crippen molar-refractivity contribution < 1.29 is 9.53 Å². The molecule has 0 atom stereocenters. The summed E-state index contributed by atoms with van der Waals surface area (Å²) in [6, 6.07) is 20.1. The van der Waals surface area contributed by atoms with Crippen molar-refractivity contribution in [2.75, 3.05) is 32.8 Å². The van der Waals surface area contributed by atoms with E-state index in [-0.39, 0.29) is 18.6 Å². The van der Waals surface area contributed by atoms with Crippen molar-refractivity contribution in [2.24, 2.45) is 0 Å². The quantitative estimate of drug-likeness (QED) is 0.664. The Hall–Kier alpha value is -2.17. The Labute approximate surface area is 168 Å². The van der Waals surface area contributed by atoms with Gasteiger partial charge in [0.15, 0.2) is 0 Å². The van der Waals surface area contributed by atoms with Crippen LogP contribution in [-0.2, 0) is 9.53 Å². The summed E-state index contributed by atoms with van der Waals surface area (Å²) in [5.41, 5.74) is 2.12. The van der Waals surface area contributed by atoms with E-state index in [0.717, 1.165) is 24.1 Å². The molecule has 0 aliphatic carbocycles. The van der Waals surface area contributed by atoms with Gasteiger partial charge in [0, 0.05) is 6.54 Å². The van der Waals surface area contributed by atoms with E-state index in [4.69, 9.17) is 4.74 Å². The maximum Gasteiger partial charge on any atom is 0.246 e. The first-order valence-corrected chi connectivity index (χ1v) is 10.5. The first-order valence-electron chi connectivity index (χ1n) is 10.5. The molecule has 0 saturated carbocycles. The molecule has 150 valence electrons.